The van der Waals surface area contributed by atoms with Crippen LogP contribution in [0.2, 0.25) is 0 Å². The van der Waals surface area contributed by atoms with E-state index >= 15 is 0 Å². The normalized spacial score (nSPS) is 12.3. The number of hydrogen-bond acceptors (Lipinski definition) is 6. The van der Waals surface area contributed by atoms with Gasteiger partial charge in [-0.3, -0.25) is 9.36 Å². The number of nitrogens with zero attached hydrogens (tertiary/aromatic N) is 6. The maximum atomic E-state index is 4.58. The molecule has 0 fully saturated rings. The van der Waals surface area contributed by atoms with Gasteiger partial charge < -0.3 is 5.32 Å². The van der Waals surface area contributed by atoms with Gasteiger partial charge in [-0.05, 0) is 38.0 Å². The van der Waals surface area contributed by atoms with Crippen molar-refractivity contribution < 1.29 is 0 Å². The quantitative estimate of drug-likeness (QED) is 0.549. The van der Waals surface area contributed by atoms with E-state index in [1.165, 1.54) is 22.5 Å². The van der Waals surface area contributed by atoms with Gasteiger partial charge in [0.25, 0.3) is 0 Å². The van der Waals surface area contributed by atoms with Gasteiger partial charge in [-0.2, -0.15) is 10.2 Å². The van der Waals surface area contributed by atoms with Crippen LogP contribution in [-0.2, 0) is 6.54 Å². The first-order valence-electron chi connectivity index (χ1n) is 8.78. The molecule has 0 bridgehead atoms. The Morgan fingerprint density at radius 2 is 1.89 bits per heavy atom. The summed E-state index contributed by atoms with van der Waals surface area (Å²) in [7, 11) is 0. The van der Waals surface area contributed by atoms with Crippen LogP contribution < -0.4 is 5.32 Å². The van der Waals surface area contributed by atoms with Crippen molar-refractivity contribution in [3.8, 4) is 0 Å². The second-order valence-corrected chi connectivity index (χ2v) is 7.52. The molecule has 0 saturated heterocycles. The number of anilines is 2. The Morgan fingerprint density at radius 3 is 2.67 bits per heavy atom. The van der Waals surface area contributed by atoms with Crippen molar-refractivity contribution in [1.29, 1.82) is 0 Å². The Bertz CT molecular complexity index is 1050. The Hall–Kier alpha value is -3.00. The lowest BCUT2D eigenvalue weighted by molar-refractivity contribution is 0.554. The van der Waals surface area contributed by atoms with Gasteiger partial charge >= 0.3 is 0 Å². The van der Waals surface area contributed by atoms with E-state index in [4.69, 9.17) is 0 Å². The van der Waals surface area contributed by atoms with Gasteiger partial charge in [-0.25, -0.2) is 0 Å². The molecule has 3 heterocycles. The summed E-state index contributed by atoms with van der Waals surface area (Å²) >= 11 is 1.51. The van der Waals surface area contributed by atoms with Crippen molar-refractivity contribution in [2.24, 2.45) is 0 Å². The summed E-state index contributed by atoms with van der Waals surface area (Å²) in [6.45, 7) is 6.89. The number of rotatable bonds is 6. The molecular formula is C19H21N7S. The number of hydrogen-bond donors (Lipinski definition) is 1. The van der Waals surface area contributed by atoms with Crippen LogP contribution in [0, 0.1) is 13.8 Å². The minimum Gasteiger partial charge on any atom is -0.313 e. The Kier molecular flexibility index (Phi) is 4.72. The zero-order chi connectivity index (χ0) is 18.8. The second kappa shape index (κ2) is 7.32. The third kappa shape index (κ3) is 3.90. The van der Waals surface area contributed by atoms with Gasteiger partial charge in [0.2, 0.25) is 5.13 Å². The van der Waals surface area contributed by atoms with Gasteiger partial charge in [-0.15, -0.1) is 10.2 Å². The van der Waals surface area contributed by atoms with Crippen LogP contribution in [0.3, 0.4) is 0 Å². The molecule has 4 aromatic rings. The van der Waals surface area contributed by atoms with Crippen LogP contribution >= 0.6 is 11.3 Å². The van der Waals surface area contributed by atoms with Crippen LogP contribution in [0.1, 0.15) is 34.8 Å². The number of nitrogens with one attached hydrogen (secondary N) is 1. The van der Waals surface area contributed by atoms with E-state index in [1.54, 1.807) is 0 Å². The fourth-order valence-electron chi connectivity index (χ4n) is 2.80. The van der Waals surface area contributed by atoms with Crippen molar-refractivity contribution in [2.75, 3.05) is 5.32 Å². The minimum atomic E-state index is 0.0466. The highest BCUT2D eigenvalue weighted by atomic mass is 32.1. The van der Waals surface area contributed by atoms with Crippen molar-refractivity contribution in [3.05, 3.63) is 70.6 Å². The van der Waals surface area contributed by atoms with E-state index in [2.05, 4.69) is 57.8 Å². The molecule has 7 nitrogen and oxygen atoms in total. The average Bonchev–Trinajstić information content (AvgIpc) is 3.39. The highest BCUT2D eigenvalue weighted by Crippen LogP contribution is 2.26. The first-order valence-corrected chi connectivity index (χ1v) is 9.60. The summed E-state index contributed by atoms with van der Waals surface area (Å²) in [5, 5.41) is 22.4. The standard InChI is InChI=1S/C19H21N7S/c1-13-6-4-5-7-16(13)12-25-10-9-17(24-25)20-19-22-21-18(27-19)15(3)26-11-8-14(2)23-26/h4-11,15H,12H2,1-3H3,(H,20,22,24). The van der Waals surface area contributed by atoms with Crippen molar-refractivity contribution in [3.63, 3.8) is 0 Å². The fourth-order valence-corrected chi connectivity index (χ4v) is 3.60. The molecule has 138 valence electrons. The largest absolute Gasteiger partial charge is 0.313 e. The van der Waals surface area contributed by atoms with Gasteiger partial charge in [0.15, 0.2) is 5.82 Å². The molecule has 0 aliphatic rings. The van der Waals surface area contributed by atoms with Crippen LogP contribution in [0.5, 0.6) is 0 Å². The van der Waals surface area contributed by atoms with Crippen molar-refractivity contribution in [1.82, 2.24) is 29.8 Å². The number of benzene rings is 1. The van der Waals surface area contributed by atoms with Gasteiger partial charge in [0.1, 0.15) is 11.0 Å². The molecule has 0 radical (unpaired) electrons. The Morgan fingerprint density at radius 1 is 1.04 bits per heavy atom. The maximum absolute atomic E-state index is 4.58. The molecule has 27 heavy (non-hydrogen) atoms. The zero-order valence-electron chi connectivity index (χ0n) is 15.5. The van der Waals surface area contributed by atoms with Crippen LogP contribution in [0.4, 0.5) is 10.9 Å². The van der Waals surface area contributed by atoms with Crippen molar-refractivity contribution in [2.45, 2.75) is 33.4 Å². The molecule has 3 aromatic heterocycles. The van der Waals surface area contributed by atoms with E-state index in [0.29, 0.717) is 0 Å². The predicted molar refractivity (Wildman–Crippen MR) is 106 cm³/mol. The van der Waals surface area contributed by atoms with Crippen LogP contribution in [0.15, 0.2) is 48.8 Å². The zero-order valence-corrected chi connectivity index (χ0v) is 16.3. The summed E-state index contributed by atoms with van der Waals surface area (Å²) < 4.78 is 3.82. The summed E-state index contributed by atoms with van der Waals surface area (Å²) in [5.74, 6) is 0.758. The Balaban J connectivity index is 1.44. The van der Waals surface area contributed by atoms with E-state index in [9.17, 15) is 0 Å². The van der Waals surface area contributed by atoms with E-state index < -0.39 is 0 Å². The smallest absolute Gasteiger partial charge is 0.211 e. The summed E-state index contributed by atoms with van der Waals surface area (Å²) in [5.41, 5.74) is 3.51. The predicted octanol–water partition coefficient (Wildman–Crippen LogP) is 3.95. The van der Waals surface area contributed by atoms with Crippen LogP contribution in [-0.4, -0.2) is 29.8 Å². The highest BCUT2D eigenvalue weighted by Gasteiger charge is 2.15. The average molecular weight is 379 g/mol. The molecule has 0 spiro atoms. The lowest BCUT2D eigenvalue weighted by Gasteiger charge is -2.07. The minimum absolute atomic E-state index is 0.0466. The molecule has 4 rings (SSSR count). The Labute approximate surface area is 161 Å². The summed E-state index contributed by atoms with van der Waals surface area (Å²) in [4.78, 5) is 0. The molecule has 0 aliphatic heterocycles. The van der Waals surface area contributed by atoms with Gasteiger partial charge in [0, 0.05) is 18.5 Å². The maximum Gasteiger partial charge on any atom is 0.211 e. The van der Waals surface area contributed by atoms with E-state index in [-0.39, 0.29) is 6.04 Å². The summed E-state index contributed by atoms with van der Waals surface area (Å²) in [6.07, 6.45) is 3.92. The van der Waals surface area contributed by atoms with Crippen LogP contribution in [0.25, 0.3) is 0 Å². The number of aromatic nitrogens is 6. The van der Waals surface area contributed by atoms with Crippen molar-refractivity contribution >= 4 is 22.3 Å². The molecule has 0 saturated carbocycles. The fraction of sp³-hybridized carbons (Fsp3) is 0.263. The topological polar surface area (TPSA) is 73.5 Å². The lowest BCUT2D eigenvalue weighted by Crippen LogP contribution is -2.07. The molecular weight excluding hydrogens is 358 g/mol. The lowest BCUT2D eigenvalue weighted by atomic mass is 10.1. The molecule has 1 N–H and O–H groups in total. The monoisotopic (exact) mass is 379 g/mol. The molecule has 0 aliphatic carbocycles. The van der Waals surface area contributed by atoms with Gasteiger partial charge in [0.05, 0.1) is 12.2 Å². The molecule has 8 heteroatoms. The first kappa shape index (κ1) is 17.4. The third-order valence-corrected chi connectivity index (χ3v) is 5.41. The molecule has 1 atom stereocenters. The van der Waals surface area contributed by atoms with E-state index in [1.807, 2.05) is 46.9 Å². The molecule has 1 unspecified atom stereocenters. The first-order chi connectivity index (χ1) is 13.1. The van der Waals surface area contributed by atoms with Gasteiger partial charge in [-0.1, -0.05) is 35.6 Å². The van der Waals surface area contributed by atoms with E-state index in [0.717, 1.165) is 28.2 Å². The third-order valence-electron chi connectivity index (χ3n) is 4.41. The number of aryl methyl sites for hydroxylation is 2. The second-order valence-electron chi connectivity index (χ2n) is 6.51. The summed E-state index contributed by atoms with van der Waals surface area (Å²) in [6, 6.07) is 12.3. The highest BCUT2D eigenvalue weighted by molar-refractivity contribution is 7.15. The SMILES string of the molecule is Cc1ccn(C(C)c2nnc(Nc3ccn(Cc4ccccc4C)n3)s2)n1. The molecule has 1 aromatic carbocycles. The molecule has 0 amide bonds.